The van der Waals surface area contributed by atoms with Gasteiger partial charge in [0.05, 0.1) is 6.61 Å². The quantitative estimate of drug-likeness (QED) is 0.901. The van der Waals surface area contributed by atoms with E-state index in [2.05, 4.69) is 28.9 Å². The normalized spacial score (nSPS) is 24.1. The first kappa shape index (κ1) is 10.6. The van der Waals surface area contributed by atoms with Gasteiger partial charge < -0.3 is 10.5 Å². The van der Waals surface area contributed by atoms with Crippen LogP contribution < -0.4 is 5.73 Å². The fourth-order valence-corrected chi connectivity index (χ4v) is 3.37. The molecule has 0 spiro atoms. The Morgan fingerprint density at radius 2 is 2.50 bits per heavy atom. The lowest BCUT2D eigenvalue weighted by atomic mass is 9.99. The highest BCUT2D eigenvalue weighted by molar-refractivity contribution is 9.10. The maximum atomic E-state index is 6.19. The van der Waals surface area contributed by atoms with Gasteiger partial charge in [-0.1, -0.05) is 0 Å². The molecule has 2 rings (SSSR count). The van der Waals surface area contributed by atoms with Crippen molar-refractivity contribution in [3.8, 4) is 0 Å². The molecule has 1 fully saturated rings. The zero-order chi connectivity index (χ0) is 10.1. The summed E-state index contributed by atoms with van der Waals surface area (Å²) in [5.41, 5.74) is 6.19. The Balaban J connectivity index is 2.13. The summed E-state index contributed by atoms with van der Waals surface area (Å²) in [5, 5.41) is 0. The Hall–Kier alpha value is 0.100. The van der Waals surface area contributed by atoms with E-state index in [0.717, 1.165) is 19.6 Å². The van der Waals surface area contributed by atoms with Crippen molar-refractivity contribution in [3.63, 3.8) is 0 Å². The molecule has 2 nitrogen and oxygen atoms in total. The van der Waals surface area contributed by atoms with Gasteiger partial charge in [0.25, 0.3) is 0 Å². The Kier molecular flexibility index (Phi) is 3.27. The molecule has 0 aliphatic carbocycles. The fourth-order valence-electron chi connectivity index (χ4n) is 1.71. The van der Waals surface area contributed by atoms with Crippen LogP contribution in [0.1, 0.15) is 22.2 Å². The summed E-state index contributed by atoms with van der Waals surface area (Å²) in [6.07, 6.45) is 1.09. The highest BCUT2D eigenvalue weighted by Gasteiger charge is 2.25. The Labute approximate surface area is 96.6 Å². The molecule has 1 saturated heterocycles. The summed E-state index contributed by atoms with van der Waals surface area (Å²) >= 11 is 5.30. The third-order valence-electron chi connectivity index (χ3n) is 2.68. The molecule has 2 heterocycles. The third kappa shape index (κ3) is 2.03. The standard InChI is InChI=1S/C10H14BrNOS/c1-6-8(11)4-9(14-6)10(12)7-2-3-13-5-7/h4,7,10H,2-3,5,12H2,1H3. The van der Waals surface area contributed by atoms with Crippen molar-refractivity contribution in [1.82, 2.24) is 0 Å². The highest BCUT2D eigenvalue weighted by atomic mass is 79.9. The molecular formula is C10H14BrNOS. The number of hydrogen-bond acceptors (Lipinski definition) is 3. The summed E-state index contributed by atoms with van der Waals surface area (Å²) in [4.78, 5) is 2.57. The minimum absolute atomic E-state index is 0.146. The lowest BCUT2D eigenvalue weighted by molar-refractivity contribution is 0.181. The van der Waals surface area contributed by atoms with Crippen LogP contribution in [0, 0.1) is 12.8 Å². The molecule has 4 heteroatoms. The number of hydrogen-bond donors (Lipinski definition) is 1. The first-order chi connectivity index (χ1) is 6.68. The lowest BCUT2D eigenvalue weighted by Crippen LogP contribution is -2.20. The van der Waals surface area contributed by atoms with Crippen LogP contribution in [0.5, 0.6) is 0 Å². The zero-order valence-electron chi connectivity index (χ0n) is 8.13. The predicted molar refractivity (Wildman–Crippen MR) is 62.6 cm³/mol. The van der Waals surface area contributed by atoms with Crippen molar-refractivity contribution in [2.45, 2.75) is 19.4 Å². The molecule has 0 aromatic carbocycles. The van der Waals surface area contributed by atoms with Gasteiger partial charge in [-0.15, -0.1) is 11.3 Å². The molecule has 0 radical (unpaired) electrons. The zero-order valence-corrected chi connectivity index (χ0v) is 10.5. The van der Waals surface area contributed by atoms with E-state index in [1.54, 1.807) is 11.3 Å². The van der Waals surface area contributed by atoms with Crippen molar-refractivity contribution >= 4 is 27.3 Å². The molecule has 1 aromatic rings. The van der Waals surface area contributed by atoms with Gasteiger partial charge in [-0.3, -0.25) is 0 Å². The summed E-state index contributed by atoms with van der Waals surface area (Å²) < 4.78 is 6.52. The van der Waals surface area contributed by atoms with Crippen LogP contribution in [0.4, 0.5) is 0 Å². The second-order valence-corrected chi connectivity index (χ2v) is 5.84. The minimum Gasteiger partial charge on any atom is -0.381 e. The van der Waals surface area contributed by atoms with Crippen LogP contribution >= 0.6 is 27.3 Å². The molecule has 0 saturated carbocycles. The van der Waals surface area contributed by atoms with Gasteiger partial charge in [0.1, 0.15) is 0 Å². The van der Waals surface area contributed by atoms with E-state index >= 15 is 0 Å². The number of thiophene rings is 1. The van der Waals surface area contributed by atoms with Crippen molar-refractivity contribution in [2.75, 3.05) is 13.2 Å². The summed E-state index contributed by atoms with van der Waals surface area (Å²) in [6, 6.07) is 2.29. The van der Waals surface area contributed by atoms with Crippen molar-refractivity contribution in [2.24, 2.45) is 11.7 Å². The monoisotopic (exact) mass is 275 g/mol. The molecule has 2 unspecified atom stereocenters. The van der Waals surface area contributed by atoms with Crippen LogP contribution in [-0.4, -0.2) is 13.2 Å². The predicted octanol–water partition coefficient (Wildman–Crippen LogP) is 2.86. The average molecular weight is 276 g/mol. The summed E-state index contributed by atoms with van der Waals surface area (Å²) in [5.74, 6) is 0.500. The van der Waals surface area contributed by atoms with E-state index < -0.39 is 0 Å². The molecule has 2 atom stereocenters. The topological polar surface area (TPSA) is 35.2 Å². The number of aryl methyl sites for hydroxylation is 1. The Bertz CT molecular complexity index is 300. The van der Waals surface area contributed by atoms with Gasteiger partial charge in [0.2, 0.25) is 0 Å². The van der Waals surface area contributed by atoms with Gasteiger partial charge in [-0.25, -0.2) is 0 Å². The maximum Gasteiger partial charge on any atom is 0.0513 e. The number of ether oxygens (including phenoxy) is 1. The lowest BCUT2D eigenvalue weighted by Gasteiger charge is -2.15. The average Bonchev–Trinajstić information content (AvgIpc) is 2.76. The van der Waals surface area contributed by atoms with Gasteiger partial charge in [0.15, 0.2) is 0 Å². The molecule has 0 amide bonds. The van der Waals surface area contributed by atoms with E-state index in [9.17, 15) is 0 Å². The molecule has 1 aromatic heterocycles. The van der Waals surface area contributed by atoms with Crippen molar-refractivity contribution < 1.29 is 4.74 Å². The second kappa shape index (κ2) is 4.31. The Morgan fingerprint density at radius 1 is 1.71 bits per heavy atom. The van der Waals surface area contributed by atoms with Crippen molar-refractivity contribution in [3.05, 3.63) is 20.3 Å². The number of halogens is 1. The molecule has 14 heavy (non-hydrogen) atoms. The minimum atomic E-state index is 0.146. The second-order valence-electron chi connectivity index (χ2n) is 3.70. The molecule has 2 N–H and O–H groups in total. The summed E-state index contributed by atoms with van der Waals surface area (Å²) in [7, 11) is 0. The molecular weight excluding hydrogens is 262 g/mol. The van der Waals surface area contributed by atoms with Crippen LogP contribution in [0.3, 0.4) is 0 Å². The SMILES string of the molecule is Cc1sc(C(N)C2CCOC2)cc1Br. The Morgan fingerprint density at radius 3 is 3.00 bits per heavy atom. The molecule has 0 bridgehead atoms. The van der Waals surface area contributed by atoms with Crippen LogP contribution in [0.25, 0.3) is 0 Å². The van der Waals surface area contributed by atoms with E-state index in [1.165, 1.54) is 14.2 Å². The highest BCUT2D eigenvalue weighted by Crippen LogP contribution is 2.34. The fraction of sp³-hybridized carbons (Fsp3) is 0.600. The molecule has 1 aliphatic heterocycles. The van der Waals surface area contributed by atoms with Gasteiger partial charge in [-0.2, -0.15) is 0 Å². The van der Waals surface area contributed by atoms with Gasteiger partial charge in [-0.05, 0) is 35.3 Å². The summed E-state index contributed by atoms with van der Waals surface area (Å²) in [6.45, 7) is 3.79. The molecule has 78 valence electrons. The molecule has 1 aliphatic rings. The van der Waals surface area contributed by atoms with E-state index in [-0.39, 0.29) is 6.04 Å². The first-order valence-electron chi connectivity index (χ1n) is 4.77. The van der Waals surface area contributed by atoms with Gasteiger partial charge in [0, 0.05) is 32.8 Å². The third-order valence-corrected chi connectivity index (χ3v) is 4.92. The number of rotatable bonds is 2. The van der Waals surface area contributed by atoms with Crippen LogP contribution in [0.2, 0.25) is 0 Å². The van der Waals surface area contributed by atoms with Crippen molar-refractivity contribution in [1.29, 1.82) is 0 Å². The maximum absolute atomic E-state index is 6.19. The van der Waals surface area contributed by atoms with E-state index in [1.807, 2.05) is 0 Å². The van der Waals surface area contributed by atoms with Gasteiger partial charge >= 0.3 is 0 Å². The smallest absolute Gasteiger partial charge is 0.0513 e. The van der Waals surface area contributed by atoms with E-state index in [4.69, 9.17) is 10.5 Å². The first-order valence-corrected chi connectivity index (χ1v) is 6.38. The largest absolute Gasteiger partial charge is 0.381 e. The van der Waals surface area contributed by atoms with Crippen LogP contribution in [0.15, 0.2) is 10.5 Å². The van der Waals surface area contributed by atoms with E-state index in [0.29, 0.717) is 5.92 Å². The number of nitrogens with two attached hydrogens (primary N) is 1. The van der Waals surface area contributed by atoms with Crippen LogP contribution in [-0.2, 0) is 4.74 Å².